The van der Waals surface area contributed by atoms with Gasteiger partial charge in [0.15, 0.2) is 0 Å². The molecule has 0 saturated carbocycles. The maximum Gasteiger partial charge on any atom is 0.317 e. The normalized spacial score (nSPS) is 18.5. The van der Waals surface area contributed by atoms with Crippen LogP contribution in [0, 0.1) is 0 Å². The zero-order valence-electron chi connectivity index (χ0n) is 20.0. The quantitative estimate of drug-likeness (QED) is 0.652. The predicted octanol–water partition coefficient (Wildman–Crippen LogP) is 2.62. The number of amides is 4. The maximum atomic E-state index is 14.3. The van der Waals surface area contributed by atoms with E-state index in [-0.39, 0.29) is 19.5 Å². The minimum Gasteiger partial charge on any atom is -0.342 e. The van der Waals surface area contributed by atoms with Crippen LogP contribution in [0.3, 0.4) is 0 Å². The molecule has 182 valence electrons. The van der Waals surface area contributed by atoms with Gasteiger partial charge in [0, 0.05) is 26.7 Å². The summed E-state index contributed by atoms with van der Waals surface area (Å²) in [6.07, 6.45) is 0.377. The molecule has 1 saturated heterocycles. The lowest BCUT2D eigenvalue weighted by atomic mass is 10.00. The smallest absolute Gasteiger partial charge is 0.317 e. The van der Waals surface area contributed by atoms with Gasteiger partial charge in [-0.05, 0) is 23.1 Å². The van der Waals surface area contributed by atoms with E-state index in [2.05, 4.69) is 29.5 Å². The van der Waals surface area contributed by atoms with Crippen LogP contribution < -0.4 is 10.6 Å². The van der Waals surface area contributed by atoms with Crippen LogP contribution in [-0.2, 0) is 9.59 Å². The number of carbonyl (C=O) groups excluding carboxylic acids is 3. The number of pyridine rings is 1. The number of nitrogens with one attached hydrogen (secondary N) is 2. The highest BCUT2D eigenvalue weighted by Crippen LogP contribution is 2.25. The molecule has 0 radical (unpaired) electrons. The molecular weight excluding hydrogens is 437 g/mol. The van der Waals surface area contributed by atoms with Gasteiger partial charge in [-0.3, -0.25) is 14.6 Å². The molecular formula is C25H32FN5O3. The molecule has 0 aliphatic carbocycles. The lowest BCUT2D eigenvalue weighted by molar-refractivity contribution is -0.137. The van der Waals surface area contributed by atoms with Crippen LogP contribution in [0.4, 0.5) is 9.18 Å². The van der Waals surface area contributed by atoms with E-state index < -0.39 is 36.1 Å². The van der Waals surface area contributed by atoms with E-state index in [0.717, 1.165) is 11.1 Å². The summed E-state index contributed by atoms with van der Waals surface area (Å²) in [4.78, 5) is 44.8. The van der Waals surface area contributed by atoms with Gasteiger partial charge in [0.05, 0.1) is 24.8 Å². The molecule has 1 aromatic carbocycles. The topological polar surface area (TPSA) is 94.6 Å². The fraction of sp³-hybridized carbons (Fsp3) is 0.440. The molecule has 2 heterocycles. The van der Waals surface area contributed by atoms with Gasteiger partial charge in [-0.1, -0.05) is 50.2 Å². The van der Waals surface area contributed by atoms with Crippen LogP contribution in [0.2, 0.25) is 0 Å². The van der Waals surface area contributed by atoms with Gasteiger partial charge in [0.25, 0.3) is 0 Å². The number of halogens is 1. The lowest BCUT2D eigenvalue weighted by Crippen LogP contribution is -2.50. The molecule has 3 atom stereocenters. The first kappa shape index (κ1) is 25.1. The molecule has 34 heavy (non-hydrogen) atoms. The first-order valence-corrected chi connectivity index (χ1v) is 11.4. The Bertz CT molecular complexity index is 997. The van der Waals surface area contributed by atoms with Crippen molar-refractivity contribution < 1.29 is 18.8 Å². The Morgan fingerprint density at radius 1 is 1.12 bits per heavy atom. The molecule has 8 nitrogen and oxygen atoms in total. The number of benzene rings is 1. The fourth-order valence-electron chi connectivity index (χ4n) is 3.86. The number of alkyl halides is 1. The lowest BCUT2D eigenvalue weighted by Gasteiger charge is -2.27. The van der Waals surface area contributed by atoms with Gasteiger partial charge in [-0.25, -0.2) is 9.18 Å². The summed E-state index contributed by atoms with van der Waals surface area (Å²) in [6, 6.07) is 11.3. The highest BCUT2D eigenvalue weighted by molar-refractivity contribution is 5.91. The van der Waals surface area contributed by atoms with Gasteiger partial charge in [-0.2, -0.15) is 0 Å². The summed E-state index contributed by atoms with van der Waals surface area (Å²) < 4.78 is 14.3. The summed E-state index contributed by atoms with van der Waals surface area (Å²) in [6.45, 7) is 3.65. The molecule has 2 aromatic rings. The average molecular weight is 470 g/mol. The number of urea groups is 1. The highest BCUT2D eigenvalue weighted by atomic mass is 19.1. The Morgan fingerprint density at radius 2 is 1.82 bits per heavy atom. The van der Waals surface area contributed by atoms with E-state index in [1.54, 1.807) is 20.3 Å². The Kier molecular flexibility index (Phi) is 8.20. The van der Waals surface area contributed by atoms with Crippen molar-refractivity contribution in [2.45, 2.75) is 44.4 Å². The van der Waals surface area contributed by atoms with Crippen molar-refractivity contribution in [1.29, 1.82) is 0 Å². The van der Waals surface area contributed by atoms with E-state index in [9.17, 15) is 18.8 Å². The monoisotopic (exact) mass is 469 g/mol. The standard InChI is InChI=1S/C25H32FN5O3/c1-16(2)18-10-11-20(27-13-18)23(17-8-6-5-7-9-17)29-24(33)21-12-19(26)15-31(21)22(32)14-28-25(34)30(3)4/h5-11,13,16,19,21,23H,12,14-15H2,1-4H3,(H,28,34)(H,29,33)/t19-,21+,23+/m1/s1. The summed E-state index contributed by atoms with van der Waals surface area (Å²) in [5.74, 6) is -0.652. The Hall–Kier alpha value is -3.49. The van der Waals surface area contributed by atoms with Crippen LogP contribution in [0.25, 0.3) is 0 Å². The molecule has 1 aromatic heterocycles. The molecule has 9 heteroatoms. The third kappa shape index (κ3) is 6.09. The second-order valence-corrected chi connectivity index (χ2v) is 8.97. The Morgan fingerprint density at radius 3 is 2.41 bits per heavy atom. The summed E-state index contributed by atoms with van der Waals surface area (Å²) in [7, 11) is 3.10. The Balaban J connectivity index is 1.79. The SMILES string of the molecule is CC(C)c1ccc([C@@H](NC(=O)[C@@H]2C[C@@H](F)CN2C(=O)CNC(=O)N(C)C)c2ccccc2)nc1. The van der Waals surface area contributed by atoms with E-state index in [1.165, 1.54) is 9.80 Å². The number of likely N-dealkylation sites (tertiary alicyclic amines) is 1. The van der Waals surface area contributed by atoms with Gasteiger partial charge >= 0.3 is 6.03 Å². The predicted molar refractivity (Wildman–Crippen MR) is 127 cm³/mol. The Labute approximate surface area is 199 Å². The highest BCUT2D eigenvalue weighted by Gasteiger charge is 2.40. The second kappa shape index (κ2) is 11.1. The minimum absolute atomic E-state index is 0.0968. The summed E-state index contributed by atoms with van der Waals surface area (Å²) >= 11 is 0. The molecule has 0 bridgehead atoms. The molecule has 0 spiro atoms. The maximum absolute atomic E-state index is 14.3. The van der Waals surface area contributed by atoms with Gasteiger partial charge in [0.2, 0.25) is 11.8 Å². The summed E-state index contributed by atoms with van der Waals surface area (Å²) in [5.41, 5.74) is 2.55. The van der Waals surface area contributed by atoms with Crippen molar-refractivity contribution in [3.05, 3.63) is 65.5 Å². The van der Waals surface area contributed by atoms with Crippen LogP contribution in [-0.4, -0.2) is 72.0 Å². The zero-order valence-corrected chi connectivity index (χ0v) is 20.0. The van der Waals surface area contributed by atoms with Gasteiger partial charge < -0.3 is 20.4 Å². The first-order chi connectivity index (χ1) is 16.2. The largest absolute Gasteiger partial charge is 0.342 e. The number of hydrogen-bond acceptors (Lipinski definition) is 4. The minimum atomic E-state index is -1.32. The van der Waals surface area contributed by atoms with Crippen molar-refractivity contribution in [3.8, 4) is 0 Å². The van der Waals surface area contributed by atoms with Crippen molar-refractivity contribution in [3.63, 3.8) is 0 Å². The molecule has 1 fully saturated rings. The number of nitrogens with zero attached hydrogens (tertiary/aromatic N) is 3. The van der Waals surface area contributed by atoms with Crippen molar-refractivity contribution in [2.75, 3.05) is 27.2 Å². The number of carbonyl (C=O) groups is 3. The van der Waals surface area contributed by atoms with E-state index >= 15 is 0 Å². The second-order valence-electron chi connectivity index (χ2n) is 8.97. The van der Waals surface area contributed by atoms with E-state index in [4.69, 9.17) is 0 Å². The van der Waals surface area contributed by atoms with Crippen LogP contribution in [0.5, 0.6) is 0 Å². The molecule has 4 amide bonds. The average Bonchev–Trinajstić information content (AvgIpc) is 3.23. The molecule has 1 aliphatic rings. The third-order valence-corrected chi connectivity index (χ3v) is 5.86. The van der Waals surface area contributed by atoms with Crippen molar-refractivity contribution in [2.24, 2.45) is 0 Å². The first-order valence-electron chi connectivity index (χ1n) is 11.4. The number of hydrogen-bond donors (Lipinski definition) is 2. The van der Waals surface area contributed by atoms with Crippen LogP contribution >= 0.6 is 0 Å². The van der Waals surface area contributed by atoms with Crippen molar-refractivity contribution in [1.82, 2.24) is 25.4 Å². The summed E-state index contributed by atoms with van der Waals surface area (Å²) in [5, 5.41) is 5.44. The molecule has 0 unspecified atom stereocenters. The molecule has 2 N–H and O–H groups in total. The van der Waals surface area contributed by atoms with E-state index in [0.29, 0.717) is 11.6 Å². The molecule has 3 rings (SSSR count). The van der Waals surface area contributed by atoms with Crippen LogP contribution in [0.1, 0.15) is 49.0 Å². The fourth-order valence-corrected chi connectivity index (χ4v) is 3.86. The number of aromatic nitrogens is 1. The van der Waals surface area contributed by atoms with E-state index in [1.807, 2.05) is 42.5 Å². The third-order valence-electron chi connectivity index (χ3n) is 5.86. The van der Waals surface area contributed by atoms with Gasteiger partial charge in [-0.15, -0.1) is 0 Å². The van der Waals surface area contributed by atoms with Crippen molar-refractivity contribution >= 4 is 17.8 Å². The number of rotatable bonds is 7. The zero-order chi connectivity index (χ0) is 24.8. The molecule has 1 aliphatic heterocycles. The van der Waals surface area contributed by atoms with Crippen LogP contribution in [0.15, 0.2) is 48.7 Å². The van der Waals surface area contributed by atoms with Gasteiger partial charge in [0.1, 0.15) is 12.2 Å².